The van der Waals surface area contributed by atoms with Gasteiger partial charge in [0, 0.05) is 11.1 Å². The van der Waals surface area contributed by atoms with Crippen molar-refractivity contribution in [2.75, 3.05) is 6.54 Å². The van der Waals surface area contributed by atoms with Gasteiger partial charge in [-0.05, 0) is 43.0 Å². The molecule has 1 aliphatic rings. The first kappa shape index (κ1) is 16.7. The molecule has 0 amide bonds. The second-order valence-electron chi connectivity index (χ2n) is 5.98. The minimum atomic E-state index is -0.883. The number of rotatable bonds is 6. The lowest BCUT2D eigenvalue weighted by atomic mass is 9.84. The minimum Gasteiger partial charge on any atom is -0.310 e. The molecule has 1 aliphatic carbocycles. The molecule has 118 valence electrons. The number of halogens is 3. The number of nitrogens with one attached hydrogen (secondary N) is 1. The highest BCUT2D eigenvalue weighted by molar-refractivity contribution is 6.31. The van der Waals surface area contributed by atoms with Crippen LogP contribution >= 0.6 is 11.6 Å². The average molecular weight is 316 g/mol. The van der Waals surface area contributed by atoms with Gasteiger partial charge in [-0.3, -0.25) is 0 Å². The van der Waals surface area contributed by atoms with E-state index in [9.17, 15) is 8.78 Å². The fourth-order valence-electron chi connectivity index (χ4n) is 3.30. The van der Waals surface area contributed by atoms with Crippen LogP contribution in [0.4, 0.5) is 8.78 Å². The van der Waals surface area contributed by atoms with Crippen molar-refractivity contribution in [2.24, 2.45) is 5.92 Å². The molecule has 4 heteroatoms. The molecule has 0 radical (unpaired) electrons. The van der Waals surface area contributed by atoms with Gasteiger partial charge in [-0.25, -0.2) is 8.78 Å². The zero-order valence-electron chi connectivity index (χ0n) is 12.6. The largest absolute Gasteiger partial charge is 0.310 e. The first-order chi connectivity index (χ1) is 10.1. The van der Waals surface area contributed by atoms with E-state index in [2.05, 4.69) is 5.32 Å². The molecule has 1 aromatic carbocycles. The second-order valence-corrected chi connectivity index (χ2v) is 6.39. The Kier molecular flexibility index (Phi) is 6.43. The van der Waals surface area contributed by atoms with E-state index in [0.717, 1.165) is 31.4 Å². The van der Waals surface area contributed by atoms with E-state index < -0.39 is 11.6 Å². The Labute approximate surface area is 131 Å². The van der Waals surface area contributed by atoms with Crippen LogP contribution in [0.3, 0.4) is 0 Å². The first-order valence-electron chi connectivity index (χ1n) is 7.99. The van der Waals surface area contributed by atoms with E-state index >= 15 is 0 Å². The monoisotopic (exact) mass is 315 g/mol. The SMILES string of the molecule is CCNC(CCC1CCCCC1)c1cc(F)c(F)cc1Cl. The van der Waals surface area contributed by atoms with E-state index in [-0.39, 0.29) is 6.04 Å². The van der Waals surface area contributed by atoms with Crippen LogP contribution in [0, 0.1) is 17.6 Å². The van der Waals surface area contributed by atoms with Crippen molar-refractivity contribution >= 4 is 11.6 Å². The molecular weight excluding hydrogens is 292 g/mol. The highest BCUT2D eigenvalue weighted by atomic mass is 35.5. The molecule has 1 fully saturated rings. The third kappa shape index (κ3) is 4.65. The van der Waals surface area contributed by atoms with Crippen LogP contribution in [0.2, 0.25) is 5.02 Å². The van der Waals surface area contributed by atoms with Crippen LogP contribution in [-0.2, 0) is 0 Å². The smallest absolute Gasteiger partial charge is 0.160 e. The Morgan fingerprint density at radius 3 is 2.52 bits per heavy atom. The first-order valence-corrected chi connectivity index (χ1v) is 8.37. The van der Waals surface area contributed by atoms with Gasteiger partial charge in [-0.1, -0.05) is 50.6 Å². The lowest BCUT2D eigenvalue weighted by Gasteiger charge is -2.25. The molecule has 1 unspecified atom stereocenters. The predicted octanol–water partition coefficient (Wildman–Crippen LogP) is 5.63. The van der Waals surface area contributed by atoms with Crippen LogP contribution in [0.15, 0.2) is 12.1 Å². The van der Waals surface area contributed by atoms with Crippen LogP contribution in [-0.4, -0.2) is 6.54 Å². The molecule has 0 saturated heterocycles. The third-order valence-electron chi connectivity index (χ3n) is 4.45. The molecule has 2 rings (SSSR count). The Morgan fingerprint density at radius 1 is 1.19 bits per heavy atom. The normalized spacial score (nSPS) is 17.9. The third-order valence-corrected chi connectivity index (χ3v) is 4.78. The quantitative estimate of drug-likeness (QED) is 0.671. The van der Waals surface area contributed by atoms with Crippen molar-refractivity contribution < 1.29 is 8.78 Å². The standard InChI is InChI=1S/C17H24ClF2N/c1-2-21-17(9-8-12-6-4-3-5-7-12)13-10-15(19)16(20)11-14(13)18/h10-12,17,21H,2-9H2,1H3. The summed E-state index contributed by atoms with van der Waals surface area (Å²) in [6, 6.07) is 2.32. The van der Waals surface area contributed by atoms with Crippen molar-refractivity contribution in [3.63, 3.8) is 0 Å². The molecule has 1 aromatic rings. The lowest BCUT2D eigenvalue weighted by Crippen LogP contribution is -2.22. The van der Waals surface area contributed by atoms with Crippen molar-refractivity contribution in [1.82, 2.24) is 5.32 Å². The van der Waals surface area contributed by atoms with Crippen molar-refractivity contribution in [1.29, 1.82) is 0 Å². The zero-order chi connectivity index (χ0) is 15.2. The van der Waals surface area contributed by atoms with Gasteiger partial charge in [0.15, 0.2) is 11.6 Å². The molecule has 0 aromatic heterocycles. The van der Waals surface area contributed by atoms with Crippen LogP contribution in [0.1, 0.15) is 63.5 Å². The maximum atomic E-state index is 13.5. The van der Waals surface area contributed by atoms with E-state index in [1.165, 1.54) is 38.2 Å². The lowest BCUT2D eigenvalue weighted by molar-refractivity contribution is 0.315. The minimum absolute atomic E-state index is 0.000438. The predicted molar refractivity (Wildman–Crippen MR) is 83.6 cm³/mol. The van der Waals surface area contributed by atoms with Crippen molar-refractivity contribution in [2.45, 2.75) is 57.9 Å². The van der Waals surface area contributed by atoms with Gasteiger partial charge >= 0.3 is 0 Å². The fraction of sp³-hybridized carbons (Fsp3) is 0.647. The van der Waals surface area contributed by atoms with Crippen molar-refractivity contribution in [3.05, 3.63) is 34.4 Å². The summed E-state index contributed by atoms with van der Waals surface area (Å²) < 4.78 is 26.7. The summed E-state index contributed by atoms with van der Waals surface area (Å²) >= 11 is 6.11. The topological polar surface area (TPSA) is 12.0 Å². The highest BCUT2D eigenvalue weighted by Gasteiger charge is 2.20. The summed E-state index contributed by atoms with van der Waals surface area (Å²) in [5.74, 6) is -0.940. The average Bonchev–Trinajstić information content (AvgIpc) is 2.48. The Bertz CT molecular complexity index is 458. The summed E-state index contributed by atoms with van der Waals surface area (Å²) in [6.07, 6.45) is 8.62. The van der Waals surface area contributed by atoms with Gasteiger partial charge in [0.1, 0.15) is 0 Å². The molecular formula is C17H24ClF2N. The summed E-state index contributed by atoms with van der Waals surface area (Å²) in [5, 5.41) is 3.66. The maximum Gasteiger partial charge on any atom is 0.160 e. The van der Waals surface area contributed by atoms with Gasteiger partial charge in [0.2, 0.25) is 0 Å². The van der Waals surface area contributed by atoms with Crippen LogP contribution in [0.25, 0.3) is 0 Å². The van der Waals surface area contributed by atoms with Crippen molar-refractivity contribution in [3.8, 4) is 0 Å². The molecule has 1 atom stereocenters. The molecule has 0 heterocycles. The second kappa shape index (κ2) is 8.09. The number of benzene rings is 1. The van der Waals surface area contributed by atoms with Gasteiger partial charge in [-0.15, -0.1) is 0 Å². The summed E-state index contributed by atoms with van der Waals surface area (Å²) in [4.78, 5) is 0. The Hall–Kier alpha value is -0.670. The molecule has 1 nitrogen and oxygen atoms in total. The number of hydrogen-bond donors (Lipinski definition) is 1. The van der Waals surface area contributed by atoms with Gasteiger partial charge in [-0.2, -0.15) is 0 Å². The van der Waals surface area contributed by atoms with Gasteiger partial charge in [0.25, 0.3) is 0 Å². The fourth-order valence-corrected chi connectivity index (χ4v) is 3.58. The van der Waals surface area contributed by atoms with E-state index in [1.54, 1.807) is 0 Å². The molecule has 21 heavy (non-hydrogen) atoms. The molecule has 0 aliphatic heterocycles. The maximum absolute atomic E-state index is 13.5. The number of hydrogen-bond acceptors (Lipinski definition) is 1. The summed E-state index contributed by atoms with van der Waals surface area (Å²) in [5.41, 5.74) is 0.674. The molecule has 0 bridgehead atoms. The van der Waals surface area contributed by atoms with Crippen LogP contribution in [0.5, 0.6) is 0 Å². The van der Waals surface area contributed by atoms with E-state index in [4.69, 9.17) is 11.6 Å². The van der Waals surface area contributed by atoms with Crippen LogP contribution < -0.4 is 5.32 Å². The summed E-state index contributed by atoms with van der Waals surface area (Å²) in [7, 11) is 0. The van der Waals surface area contributed by atoms with E-state index in [1.807, 2.05) is 6.92 Å². The molecule has 1 saturated carbocycles. The van der Waals surface area contributed by atoms with Gasteiger partial charge < -0.3 is 5.32 Å². The highest BCUT2D eigenvalue weighted by Crippen LogP contribution is 2.33. The van der Waals surface area contributed by atoms with Gasteiger partial charge in [0.05, 0.1) is 0 Å². The zero-order valence-corrected chi connectivity index (χ0v) is 13.4. The molecule has 0 spiro atoms. The summed E-state index contributed by atoms with van der Waals surface area (Å²) in [6.45, 7) is 2.80. The molecule has 1 N–H and O–H groups in total. The van der Waals surface area contributed by atoms with E-state index in [0.29, 0.717) is 10.6 Å². The Balaban J connectivity index is 2.05. The Morgan fingerprint density at radius 2 is 1.86 bits per heavy atom.